The number of benzene rings is 4. The number of amides is 2. The van der Waals surface area contributed by atoms with E-state index in [0.717, 1.165) is 5.56 Å². The molecule has 0 aliphatic heterocycles. The molecule has 2 amide bonds. The molecule has 2 N–H and O–H groups in total. The van der Waals surface area contributed by atoms with Gasteiger partial charge in [0.15, 0.2) is 17.3 Å². The lowest BCUT2D eigenvalue weighted by atomic mass is 10.1. The van der Waals surface area contributed by atoms with Crippen molar-refractivity contribution >= 4 is 35.4 Å². The summed E-state index contributed by atoms with van der Waals surface area (Å²) in [4.78, 5) is 39.3. The van der Waals surface area contributed by atoms with Gasteiger partial charge >= 0.3 is 0 Å². The highest BCUT2D eigenvalue weighted by Gasteiger charge is 2.18. The lowest BCUT2D eigenvalue weighted by Gasteiger charge is -2.14. The highest BCUT2D eigenvalue weighted by atomic mass is 16.5. The van der Waals surface area contributed by atoms with E-state index in [1.807, 2.05) is 24.3 Å². The molecule has 0 fully saturated rings. The van der Waals surface area contributed by atoms with Gasteiger partial charge in [0, 0.05) is 22.4 Å². The summed E-state index contributed by atoms with van der Waals surface area (Å²) in [6.45, 7) is 0. The zero-order valence-electron chi connectivity index (χ0n) is 24.8. The first-order chi connectivity index (χ1) is 21.4. The predicted octanol–water partition coefficient (Wildman–Crippen LogP) is 6.03. The monoisotopic (exact) mass is 592 g/mol. The van der Waals surface area contributed by atoms with E-state index < -0.39 is 11.8 Å². The van der Waals surface area contributed by atoms with Gasteiger partial charge in [-0.25, -0.2) is 0 Å². The number of methoxy groups -OCH3 is 4. The number of hydrogen-bond donors (Lipinski definition) is 2. The van der Waals surface area contributed by atoms with Crippen LogP contribution < -0.4 is 29.6 Å². The summed E-state index contributed by atoms with van der Waals surface area (Å²) in [5.41, 5.74) is 2.48. The number of para-hydroxylation sites is 1. The molecule has 0 radical (unpaired) electrons. The summed E-state index contributed by atoms with van der Waals surface area (Å²) in [5.74, 6) is 0.537. The Kier molecular flexibility index (Phi) is 10.5. The van der Waals surface area contributed by atoms with Gasteiger partial charge in [0.05, 0.1) is 28.4 Å². The molecule has 0 heterocycles. The van der Waals surface area contributed by atoms with Crippen LogP contribution >= 0.6 is 0 Å². The van der Waals surface area contributed by atoms with E-state index in [-0.39, 0.29) is 11.5 Å². The molecule has 4 aromatic carbocycles. The third-order valence-corrected chi connectivity index (χ3v) is 6.51. The third kappa shape index (κ3) is 7.71. The molecule has 0 bridgehead atoms. The number of hydrogen-bond acceptors (Lipinski definition) is 7. The molecule has 0 saturated carbocycles. The van der Waals surface area contributed by atoms with Gasteiger partial charge in [-0.2, -0.15) is 0 Å². The van der Waals surface area contributed by atoms with Crippen LogP contribution in [0.3, 0.4) is 0 Å². The van der Waals surface area contributed by atoms with Crippen molar-refractivity contribution in [2.75, 3.05) is 33.8 Å². The van der Waals surface area contributed by atoms with E-state index in [9.17, 15) is 14.4 Å². The van der Waals surface area contributed by atoms with Gasteiger partial charge in [-0.15, -0.1) is 0 Å². The van der Waals surface area contributed by atoms with Crippen LogP contribution in [0.15, 0.2) is 103 Å². The van der Waals surface area contributed by atoms with Crippen molar-refractivity contribution in [2.24, 2.45) is 0 Å². The van der Waals surface area contributed by atoms with Crippen LogP contribution in [-0.4, -0.2) is 46.0 Å². The van der Waals surface area contributed by atoms with E-state index in [1.54, 1.807) is 79.9 Å². The molecule has 0 saturated heterocycles. The van der Waals surface area contributed by atoms with Crippen LogP contribution in [-0.2, 0) is 4.79 Å². The second-order valence-electron chi connectivity index (χ2n) is 9.31. The fourth-order valence-electron chi connectivity index (χ4n) is 4.28. The van der Waals surface area contributed by atoms with Crippen molar-refractivity contribution in [2.45, 2.75) is 0 Å². The second kappa shape index (κ2) is 14.9. The molecule has 4 rings (SSSR count). The molecular weight excluding hydrogens is 560 g/mol. The van der Waals surface area contributed by atoms with Gasteiger partial charge in [0.25, 0.3) is 11.8 Å². The highest BCUT2D eigenvalue weighted by Crippen LogP contribution is 2.38. The zero-order chi connectivity index (χ0) is 31.5. The van der Waals surface area contributed by atoms with Crippen LogP contribution in [0.5, 0.6) is 23.0 Å². The SMILES string of the molecule is COc1ccccc1/C=C/C(=O)c1ccc(NC(=O)/C(=C/c2cc(OC)c(OC)c(OC)c2)NC(=O)c2ccccc2)cc1. The van der Waals surface area contributed by atoms with Crippen LogP contribution in [0.25, 0.3) is 12.2 Å². The molecule has 224 valence electrons. The molecule has 9 heteroatoms. The number of ketones is 1. The molecule has 0 spiro atoms. The van der Waals surface area contributed by atoms with Crippen molar-refractivity contribution < 1.29 is 33.3 Å². The van der Waals surface area contributed by atoms with E-state index in [1.165, 1.54) is 33.5 Å². The Balaban J connectivity index is 1.58. The Hall–Kier alpha value is -5.83. The number of ether oxygens (including phenoxy) is 4. The summed E-state index contributed by atoms with van der Waals surface area (Å²) in [6.07, 6.45) is 4.65. The van der Waals surface area contributed by atoms with Crippen LogP contribution in [0.2, 0.25) is 0 Å². The van der Waals surface area contributed by atoms with Gasteiger partial charge in [-0.1, -0.05) is 36.4 Å². The predicted molar refractivity (Wildman–Crippen MR) is 169 cm³/mol. The number of nitrogens with one attached hydrogen (secondary N) is 2. The Bertz CT molecular complexity index is 1670. The van der Waals surface area contributed by atoms with Crippen LogP contribution in [0.4, 0.5) is 5.69 Å². The maximum absolute atomic E-state index is 13.5. The minimum Gasteiger partial charge on any atom is -0.496 e. The third-order valence-electron chi connectivity index (χ3n) is 6.51. The Morgan fingerprint density at radius 2 is 1.27 bits per heavy atom. The molecule has 0 aromatic heterocycles. The number of rotatable bonds is 12. The summed E-state index contributed by atoms with van der Waals surface area (Å²) >= 11 is 0. The van der Waals surface area contributed by atoms with Crippen molar-refractivity contribution in [3.05, 3.63) is 125 Å². The summed E-state index contributed by atoms with van der Waals surface area (Å²) in [7, 11) is 6.03. The average molecular weight is 593 g/mol. The lowest BCUT2D eigenvalue weighted by Crippen LogP contribution is -2.30. The smallest absolute Gasteiger partial charge is 0.272 e. The van der Waals surface area contributed by atoms with Gasteiger partial charge in [-0.3, -0.25) is 14.4 Å². The first-order valence-corrected chi connectivity index (χ1v) is 13.5. The van der Waals surface area contributed by atoms with E-state index in [2.05, 4.69) is 10.6 Å². The fraction of sp³-hybridized carbons (Fsp3) is 0.114. The highest BCUT2D eigenvalue weighted by molar-refractivity contribution is 6.11. The number of allylic oxidation sites excluding steroid dienone is 1. The molecular formula is C35H32N2O7. The molecule has 0 aliphatic carbocycles. The maximum atomic E-state index is 13.5. The molecule has 0 atom stereocenters. The topological polar surface area (TPSA) is 112 Å². The van der Waals surface area contributed by atoms with E-state index in [0.29, 0.717) is 45.4 Å². The zero-order valence-corrected chi connectivity index (χ0v) is 24.8. The van der Waals surface area contributed by atoms with Gasteiger partial charge < -0.3 is 29.6 Å². The Morgan fingerprint density at radius 3 is 1.89 bits per heavy atom. The fourth-order valence-corrected chi connectivity index (χ4v) is 4.28. The molecule has 0 unspecified atom stereocenters. The quantitative estimate of drug-likeness (QED) is 0.153. The maximum Gasteiger partial charge on any atom is 0.272 e. The van der Waals surface area contributed by atoms with Gasteiger partial charge in [-0.05, 0) is 78.4 Å². The minimum absolute atomic E-state index is 0.0342. The summed E-state index contributed by atoms with van der Waals surface area (Å²) in [6, 6.07) is 25.6. The van der Waals surface area contributed by atoms with Gasteiger partial charge in [0.2, 0.25) is 5.75 Å². The first kappa shape index (κ1) is 31.1. The summed E-state index contributed by atoms with van der Waals surface area (Å²) < 4.78 is 21.6. The van der Waals surface area contributed by atoms with Crippen molar-refractivity contribution in [1.29, 1.82) is 0 Å². The van der Waals surface area contributed by atoms with E-state index in [4.69, 9.17) is 18.9 Å². The number of anilines is 1. The number of carbonyl (C=O) groups is 3. The first-order valence-electron chi connectivity index (χ1n) is 13.5. The average Bonchev–Trinajstić information content (AvgIpc) is 3.07. The normalized spacial score (nSPS) is 11.0. The molecule has 0 aliphatic rings. The molecule has 44 heavy (non-hydrogen) atoms. The standard InChI is InChI=1S/C35H32N2O7/c1-41-30-13-9-8-10-25(30)16-19-29(38)24-14-17-27(18-15-24)36-35(40)28(37-34(39)26-11-6-5-7-12-26)20-23-21-31(42-2)33(44-4)32(22-23)43-3/h5-22H,1-4H3,(H,36,40)(H,37,39)/b19-16+,28-20-. The minimum atomic E-state index is -0.585. The summed E-state index contributed by atoms with van der Waals surface area (Å²) in [5, 5.41) is 5.48. The second-order valence-corrected chi connectivity index (χ2v) is 9.31. The van der Waals surface area contributed by atoms with E-state index >= 15 is 0 Å². The Morgan fingerprint density at radius 1 is 0.659 bits per heavy atom. The molecule has 9 nitrogen and oxygen atoms in total. The van der Waals surface area contributed by atoms with Crippen LogP contribution in [0, 0.1) is 0 Å². The Labute approximate surface area is 255 Å². The lowest BCUT2D eigenvalue weighted by molar-refractivity contribution is -0.113. The van der Waals surface area contributed by atoms with Crippen LogP contribution in [0.1, 0.15) is 31.8 Å². The number of carbonyl (C=O) groups excluding carboxylic acids is 3. The molecule has 4 aromatic rings. The van der Waals surface area contributed by atoms with Crippen molar-refractivity contribution in [3.8, 4) is 23.0 Å². The largest absolute Gasteiger partial charge is 0.496 e. The van der Waals surface area contributed by atoms with Crippen molar-refractivity contribution in [3.63, 3.8) is 0 Å². The van der Waals surface area contributed by atoms with Gasteiger partial charge in [0.1, 0.15) is 11.4 Å². The van der Waals surface area contributed by atoms with Crippen molar-refractivity contribution in [1.82, 2.24) is 5.32 Å².